The molecule has 0 aromatic heterocycles. The largest absolute Gasteiger partial charge is 0.467 e. The molecule has 8 nitrogen and oxygen atoms in total. The molecular weight excluding hydrogens is 697 g/mol. The van der Waals surface area contributed by atoms with Crippen molar-refractivity contribution in [2.75, 3.05) is 7.11 Å². The number of ether oxygens (including phenoxy) is 3. The fourth-order valence-electron chi connectivity index (χ4n) is 4.43. The lowest BCUT2D eigenvalue weighted by Crippen LogP contribution is -2.69. The van der Waals surface area contributed by atoms with Crippen molar-refractivity contribution < 1.29 is 36.7 Å². The molecule has 1 aliphatic heterocycles. The molecule has 0 saturated carbocycles. The fourth-order valence-corrected chi connectivity index (χ4v) is 9.26. The smallest absolute Gasteiger partial charge is 0.337 e. The summed E-state index contributed by atoms with van der Waals surface area (Å²) in [7, 11) is -7.90. The van der Waals surface area contributed by atoms with Gasteiger partial charge in [-0.2, -0.15) is 0 Å². The molecule has 2 rings (SSSR count). The van der Waals surface area contributed by atoms with Crippen LogP contribution in [0.4, 0.5) is 0 Å². The Morgan fingerprint density at radius 3 is 1.36 bits per heavy atom. The van der Waals surface area contributed by atoms with Crippen molar-refractivity contribution in [3.8, 4) is 5.75 Å². The minimum Gasteiger partial charge on any atom is -0.467 e. The van der Waals surface area contributed by atoms with Crippen molar-refractivity contribution in [2.24, 2.45) is 0 Å². The molecule has 1 heterocycles. The van der Waals surface area contributed by atoms with E-state index in [0.29, 0.717) is 12.4 Å². The first-order chi connectivity index (χ1) is 22.2. The summed E-state index contributed by atoms with van der Waals surface area (Å²) in [6, 6.07) is 7.93. The van der Waals surface area contributed by atoms with Gasteiger partial charge in [0.15, 0.2) is 39.4 Å². The Morgan fingerprint density at radius 2 is 0.980 bits per heavy atom. The van der Waals surface area contributed by atoms with E-state index in [2.05, 4.69) is 135 Å². The maximum Gasteiger partial charge on any atom is 0.337 e. The molecule has 1 aromatic carbocycles. The second-order valence-electron chi connectivity index (χ2n) is 20.3. The number of hydrogen-bond acceptors (Lipinski definition) is 8. The Morgan fingerprint density at radius 1 is 0.600 bits per heavy atom. The molecule has 1 fully saturated rings. The van der Waals surface area contributed by atoms with Gasteiger partial charge in [-0.1, -0.05) is 95.2 Å². The molecule has 0 aliphatic carbocycles. The van der Waals surface area contributed by atoms with Crippen molar-refractivity contribution in [2.45, 2.75) is 193 Å². The van der Waals surface area contributed by atoms with E-state index < -0.39 is 69.9 Å². The summed E-state index contributed by atoms with van der Waals surface area (Å²) in [6.45, 7) is 44.9. The van der Waals surface area contributed by atoms with Crippen LogP contribution in [0, 0.1) is 0 Å². The predicted octanol–water partition coefficient (Wildman–Crippen LogP) is 10.7. The Hall–Kier alpha value is -0.842. The summed E-state index contributed by atoms with van der Waals surface area (Å²) in [5.41, 5.74) is 1.07. The van der Waals surface area contributed by atoms with E-state index in [1.165, 1.54) is 7.11 Å². The molecule has 5 atom stereocenters. The number of rotatable bonds is 12. The van der Waals surface area contributed by atoms with Crippen molar-refractivity contribution in [3.05, 3.63) is 29.8 Å². The van der Waals surface area contributed by atoms with Crippen LogP contribution < -0.4 is 4.74 Å². The van der Waals surface area contributed by atoms with Crippen LogP contribution in [0.2, 0.25) is 72.5 Å². The van der Waals surface area contributed by atoms with Gasteiger partial charge in [-0.3, -0.25) is 0 Å². The molecule has 0 radical (unpaired) electrons. The van der Waals surface area contributed by atoms with Crippen LogP contribution in [0.1, 0.15) is 88.6 Å². The fraction of sp³-hybridized carbons (Fsp3) is 0.816. The highest BCUT2D eigenvalue weighted by molar-refractivity contribution is 6.75. The first-order valence-corrected chi connectivity index (χ1v) is 30.0. The van der Waals surface area contributed by atoms with Gasteiger partial charge < -0.3 is 31.9 Å². The molecule has 0 N–H and O–H groups in total. The van der Waals surface area contributed by atoms with Gasteiger partial charge in [-0.15, -0.1) is 0 Å². The number of benzene rings is 1. The second-order valence-corrected chi connectivity index (χ2v) is 39.4. The summed E-state index contributed by atoms with van der Waals surface area (Å²) in [5.74, 6) is 0.0865. The minimum atomic E-state index is -2.46. The molecule has 12 heteroatoms. The van der Waals surface area contributed by atoms with Crippen LogP contribution in [0.25, 0.3) is 0 Å². The van der Waals surface area contributed by atoms with Crippen molar-refractivity contribution in [3.63, 3.8) is 0 Å². The third-order valence-corrected chi connectivity index (χ3v) is 30.1. The van der Waals surface area contributed by atoms with E-state index >= 15 is 0 Å². The molecule has 50 heavy (non-hydrogen) atoms. The molecule has 0 amide bonds. The highest BCUT2D eigenvalue weighted by Gasteiger charge is 2.59. The van der Waals surface area contributed by atoms with Gasteiger partial charge in [0.05, 0.1) is 13.7 Å². The molecule has 290 valence electrons. The number of hydrogen-bond donors (Lipinski definition) is 0. The van der Waals surface area contributed by atoms with E-state index in [4.69, 9.17) is 31.9 Å². The lowest BCUT2D eigenvalue weighted by atomic mass is 9.99. The summed E-state index contributed by atoms with van der Waals surface area (Å²) in [5, 5.41) is -0.235. The second kappa shape index (κ2) is 15.5. The van der Waals surface area contributed by atoms with Crippen molar-refractivity contribution in [1.29, 1.82) is 0 Å². The zero-order valence-corrected chi connectivity index (χ0v) is 39.7. The highest BCUT2D eigenvalue weighted by atomic mass is 28.4. The number of esters is 1. The van der Waals surface area contributed by atoms with E-state index in [1.54, 1.807) is 0 Å². The van der Waals surface area contributed by atoms with Gasteiger partial charge in [0.1, 0.15) is 24.1 Å². The van der Waals surface area contributed by atoms with E-state index in [0.717, 1.165) is 5.56 Å². The first kappa shape index (κ1) is 45.3. The number of methoxy groups -OCH3 is 1. The zero-order chi connectivity index (χ0) is 39.1. The van der Waals surface area contributed by atoms with Crippen LogP contribution in [0.3, 0.4) is 0 Å². The van der Waals surface area contributed by atoms with Crippen LogP contribution in [-0.2, 0) is 38.6 Å². The molecule has 0 bridgehead atoms. The molecule has 0 spiro atoms. The van der Waals surface area contributed by atoms with E-state index in [-0.39, 0.29) is 20.2 Å². The van der Waals surface area contributed by atoms with Crippen molar-refractivity contribution >= 4 is 39.2 Å². The third-order valence-electron chi connectivity index (χ3n) is 12.2. The Kier molecular flexibility index (Phi) is 14.0. The summed E-state index contributed by atoms with van der Waals surface area (Å²) in [6.07, 6.45) is -4.13. The Labute approximate surface area is 310 Å². The summed E-state index contributed by atoms with van der Waals surface area (Å²) in [4.78, 5) is 13.7. The molecule has 1 aliphatic rings. The lowest BCUT2D eigenvalue weighted by Gasteiger charge is -2.53. The third kappa shape index (κ3) is 10.9. The van der Waals surface area contributed by atoms with Gasteiger partial charge >= 0.3 is 5.97 Å². The highest BCUT2D eigenvalue weighted by Crippen LogP contribution is 2.46. The Balaban J connectivity index is 2.73. The van der Waals surface area contributed by atoms with Gasteiger partial charge in [0, 0.05) is 0 Å². The quantitative estimate of drug-likeness (QED) is 0.154. The van der Waals surface area contributed by atoms with E-state index in [9.17, 15) is 4.79 Å². The first-order valence-electron chi connectivity index (χ1n) is 18.3. The normalized spacial score (nSPS) is 23.5. The minimum absolute atomic E-state index is 0.111. The summed E-state index contributed by atoms with van der Waals surface area (Å²) < 4.78 is 47.0. The van der Waals surface area contributed by atoms with Crippen molar-refractivity contribution in [1.82, 2.24) is 0 Å². The maximum absolute atomic E-state index is 13.7. The molecule has 0 unspecified atom stereocenters. The predicted molar refractivity (Wildman–Crippen MR) is 216 cm³/mol. The van der Waals surface area contributed by atoms with E-state index in [1.807, 2.05) is 24.3 Å². The van der Waals surface area contributed by atoms with Gasteiger partial charge in [0.2, 0.25) is 6.29 Å². The molecular formula is C38H74O8Si4. The van der Waals surface area contributed by atoms with Gasteiger partial charge in [0.25, 0.3) is 0 Å². The average Bonchev–Trinajstić information content (AvgIpc) is 2.92. The van der Waals surface area contributed by atoms with Gasteiger partial charge in [-0.25, -0.2) is 4.79 Å². The van der Waals surface area contributed by atoms with Gasteiger partial charge in [-0.05, 0) is 90.2 Å². The summed E-state index contributed by atoms with van der Waals surface area (Å²) >= 11 is 0. The number of carbonyl (C=O) groups is 1. The van der Waals surface area contributed by atoms with Crippen LogP contribution in [-0.4, -0.2) is 77.1 Å². The Bertz CT molecular complexity index is 1270. The zero-order valence-electron chi connectivity index (χ0n) is 35.7. The monoisotopic (exact) mass is 770 g/mol. The average molecular weight is 771 g/mol. The SMILES string of the molecule is COC(=O)[C@H]1O[C@@H](Oc2ccc(CO[Si](C)(C)C(C)(C)C)cc2)[C@H](O[Si](C)(C)C(C)(C)C)[C@@H](O[Si](C)(C)C(C)(C)C)[C@H]1O[Si](C)(C)C(C)(C)C. The standard InChI is InChI=1S/C38H74O8Si4/c1-35(2,3)47(14,15)41-26-27-22-24-28(25-23-27)42-34-32(46-50(20,21)38(10,11)12)30(45-49(18,19)37(7,8)9)29(31(43-34)33(39)40-13)44-48(16,17)36(4,5)6/h22-25,29-32,34H,26H2,1-21H3/t29-,30+,31+,32-,34-/m1/s1. The van der Waals surface area contributed by atoms with Crippen LogP contribution in [0.5, 0.6) is 5.75 Å². The molecule has 1 saturated heterocycles. The lowest BCUT2D eigenvalue weighted by molar-refractivity contribution is -0.262. The van der Waals surface area contributed by atoms with Crippen LogP contribution >= 0.6 is 0 Å². The maximum atomic E-state index is 13.7. The topological polar surface area (TPSA) is 81.7 Å². The molecule has 1 aromatic rings. The van der Waals surface area contributed by atoms with Crippen LogP contribution in [0.15, 0.2) is 24.3 Å². The number of carbonyl (C=O) groups excluding carboxylic acids is 1.